The van der Waals surface area contributed by atoms with E-state index >= 15 is 0 Å². The molecule has 29 heavy (non-hydrogen) atoms. The van der Waals surface area contributed by atoms with Crippen LogP contribution in [0.15, 0.2) is 84.9 Å². The Kier molecular flexibility index (Phi) is 4.39. The summed E-state index contributed by atoms with van der Waals surface area (Å²) in [6.07, 6.45) is 0. The molecule has 5 rings (SSSR count). The average Bonchev–Trinajstić information content (AvgIpc) is 3.16. The molecule has 3 aromatic carbocycles. The maximum absolute atomic E-state index is 13.9. The maximum Gasteiger partial charge on any atom is 0.427 e. The molecule has 0 bridgehead atoms. The van der Waals surface area contributed by atoms with Gasteiger partial charge in [-0.15, -0.1) is 0 Å². The molecule has 1 aliphatic heterocycles. The molecule has 4 nitrogen and oxygen atoms in total. The zero-order chi connectivity index (χ0) is 19.8. The molecular weight excluding hydrogens is 381 g/mol. The van der Waals surface area contributed by atoms with Crippen molar-refractivity contribution in [1.29, 1.82) is 0 Å². The van der Waals surface area contributed by atoms with Gasteiger partial charge in [-0.25, -0.2) is 4.57 Å². The standard InChI is InChI=1S/C24H20NO3P/c1-2-27-29(26)24-22(19-15-9-10-16-20(19)25-24)21(17-11-5-3-6-12-17)23(28-29)18-13-7-4-8-14-18/h3-16,25H,2H2,1H3. The highest BCUT2D eigenvalue weighted by Gasteiger charge is 2.42. The molecule has 0 saturated carbocycles. The van der Waals surface area contributed by atoms with Gasteiger partial charge in [0.25, 0.3) is 0 Å². The van der Waals surface area contributed by atoms with E-state index in [4.69, 9.17) is 9.05 Å². The SMILES string of the molecule is CCOP1(=O)OC(c2ccccc2)=C(c2ccccc2)c2c1[nH]c1ccccc21. The van der Waals surface area contributed by atoms with Crippen LogP contribution >= 0.6 is 7.60 Å². The topological polar surface area (TPSA) is 51.3 Å². The molecule has 1 aliphatic rings. The second-order valence-electron chi connectivity index (χ2n) is 6.84. The second kappa shape index (κ2) is 7.07. The van der Waals surface area contributed by atoms with Crippen LogP contribution in [0.2, 0.25) is 0 Å². The molecule has 0 amide bonds. The average molecular weight is 401 g/mol. The van der Waals surface area contributed by atoms with Crippen molar-refractivity contribution in [3.8, 4) is 0 Å². The Hall–Kier alpha value is -3.07. The summed E-state index contributed by atoms with van der Waals surface area (Å²) in [5.74, 6) is 0.575. The van der Waals surface area contributed by atoms with E-state index in [1.165, 1.54) is 0 Å². The van der Waals surface area contributed by atoms with Gasteiger partial charge in [0.15, 0.2) is 5.44 Å². The quantitative estimate of drug-likeness (QED) is 0.429. The van der Waals surface area contributed by atoms with Gasteiger partial charge in [-0.1, -0.05) is 78.9 Å². The summed E-state index contributed by atoms with van der Waals surface area (Å²) in [5, 5.41) is 0.998. The Balaban J connectivity index is 1.92. The number of rotatable bonds is 4. The van der Waals surface area contributed by atoms with Gasteiger partial charge in [0.2, 0.25) is 0 Å². The van der Waals surface area contributed by atoms with Crippen molar-refractivity contribution in [2.75, 3.05) is 6.61 Å². The fourth-order valence-electron chi connectivity index (χ4n) is 3.84. The molecule has 1 unspecified atom stereocenters. The Morgan fingerprint density at radius 3 is 2.17 bits per heavy atom. The first-order valence-corrected chi connectivity index (χ1v) is 11.2. The predicted octanol–water partition coefficient (Wildman–Crippen LogP) is 5.97. The first-order chi connectivity index (χ1) is 14.2. The Morgan fingerprint density at radius 1 is 0.862 bits per heavy atom. The van der Waals surface area contributed by atoms with E-state index in [0.29, 0.717) is 11.2 Å². The monoisotopic (exact) mass is 401 g/mol. The predicted molar refractivity (Wildman–Crippen MR) is 117 cm³/mol. The van der Waals surface area contributed by atoms with E-state index in [9.17, 15) is 4.57 Å². The lowest BCUT2D eigenvalue weighted by Gasteiger charge is -2.28. The van der Waals surface area contributed by atoms with Crippen LogP contribution in [0.1, 0.15) is 23.6 Å². The molecule has 0 aliphatic carbocycles. The molecule has 1 atom stereocenters. The third-order valence-corrected chi connectivity index (χ3v) is 6.95. The van der Waals surface area contributed by atoms with Crippen LogP contribution in [0.3, 0.4) is 0 Å². The van der Waals surface area contributed by atoms with E-state index < -0.39 is 7.60 Å². The molecule has 2 heterocycles. The summed E-state index contributed by atoms with van der Waals surface area (Å²) in [6.45, 7) is 2.11. The van der Waals surface area contributed by atoms with E-state index in [1.54, 1.807) is 0 Å². The largest absolute Gasteiger partial charge is 0.427 e. The van der Waals surface area contributed by atoms with Crippen LogP contribution < -0.4 is 5.44 Å². The number of nitrogens with one attached hydrogen (secondary N) is 1. The molecule has 1 aromatic heterocycles. The Bertz CT molecular complexity index is 1260. The minimum atomic E-state index is -3.57. The summed E-state index contributed by atoms with van der Waals surface area (Å²) in [4.78, 5) is 3.32. The Morgan fingerprint density at radius 2 is 1.48 bits per heavy atom. The molecule has 0 saturated heterocycles. The van der Waals surface area contributed by atoms with Gasteiger partial charge in [0.05, 0.1) is 6.61 Å². The first kappa shape index (κ1) is 18.0. The molecule has 5 heteroatoms. The summed E-state index contributed by atoms with van der Waals surface area (Å²) < 4.78 is 25.8. The lowest BCUT2D eigenvalue weighted by Crippen LogP contribution is -2.20. The molecule has 1 N–H and O–H groups in total. The van der Waals surface area contributed by atoms with Gasteiger partial charge in [-0.05, 0) is 18.6 Å². The van der Waals surface area contributed by atoms with Crippen molar-refractivity contribution in [3.63, 3.8) is 0 Å². The zero-order valence-corrected chi connectivity index (χ0v) is 16.9. The number of fused-ring (bicyclic) bond motifs is 3. The van der Waals surface area contributed by atoms with Gasteiger partial charge < -0.3 is 9.51 Å². The van der Waals surface area contributed by atoms with Gasteiger partial charge in [-0.2, -0.15) is 0 Å². The highest BCUT2D eigenvalue weighted by atomic mass is 31.2. The molecule has 0 fully saturated rings. The first-order valence-electron chi connectivity index (χ1n) is 9.62. The molecule has 144 valence electrons. The van der Waals surface area contributed by atoms with Crippen LogP contribution in [0.5, 0.6) is 0 Å². The third-order valence-electron chi connectivity index (χ3n) is 5.05. The molecule has 0 radical (unpaired) electrons. The fourth-order valence-corrected chi connectivity index (χ4v) is 5.65. The van der Waals surface area contributed by atoms with Crippen molar-refractivity contribution in [1.82, 2.24) is 4.98 Å². The molecular formula is C24H20NO3P. The van der Waals surface area contributed by atoms with Crippen LogP contribution in [0.25, 0.3) is 22.2 Å². The summed E-state index contributed by atoms with van der Waals surface area (Å²) in [6, 6.07) is 27.8. The number of H-pyrrole nitrogens is 1. The fraction of sp³-hybridized carbons (Fsp3) is 0.0833. The lowest BCUT2D eigenvalue weighted by molar-refractivity contribution is 0.278. The summed E-state index contributed by atoms with van der Waals surface area (Å²) in [5.41, 5.74) is 5.08. The zero-order valence-electron chi connectivity index (χ0n) is 16.0. The number of hydrogen-bond acceptors (Lipinski definition) is 3. The number of para-hydroxylation sites is 1. The lowest BCUT2D eigenvalue weighted by atomic mass is 9.94. The van der Waals surface area contributed by atoms with Crippen molar-refractivity contribution in [2.45, 2.75) is 6.92 Å². The van der Waals surface area contributed by atoms with Crippen LogP contribution in [0, 0.1) is 0 Å². The summed E-state index contributed by atoms with van der Waals surface area (Å²) >= 11 is 0. The summed E-state index contributed by atoms with van der Waals surface area (Å²) in [7, 11) is -3.57. The highest BCUT2D eigenvalue weighted by molar-refractivity contribution is 7.62. The van der Waals surface area contributed by atoms with Gasteiger partial charge in [0, 0.05) is 27.6 Å². The van der Waals surface area contributed by atoms with E-state index in [1.807, 2.05) is 91.9 Å². The second-order valence-corrected chi connectivity index (χ2v) is 8.72. The van der Waals surface area contributed by atoms with Crippen molar-refractivity contribution in [3.05, 3.63) is 102 Å². The van der Waals surface area contributed by atoms with Gasteiger partial charge >= 0.3 is 7.60 Å². The van der Waals surface area contributed by atoms with Crippen molar-refractivity contribution < 1.29 is 13.6 Å². The number of aromatic amines is 1. The maximum atomic E-state index is 13.9. The smallest absolute Gasteiger partial charge is 0.419 e. The Labute approximate surface area is 169 Å². The van der Waals surface area contributed by atoms with Gasteiger partial charge in [-0.3, -0.25) is 4.52 Å². The van der Waals surface area contributed by atoms with Crippen LogP contribution in [-0.4, -0.2) is 11.6 Å². The van der Waals surface area contributed by atoms with Crippen molar-refractivity contribution in [2.24, 2.45) is 0 Å². The minimum Gasteiger partial charge on any atom is -0.419 e. The normalized spacial score (nSPS) is 18.5. The van der Waals surface area contributed by atoms with Crippen LogP contribution in [-0.2, 0) is 13.6 Å². The van der Waals surface area contributed by atoms with E-state index in [-0.39, 0.29) is 6.61 Å². The third kappa shape index (κ3) is 2.93. The minimum absolute atomic E-state index is 0.287. The molecule has 0 spiro atoms. The van der Waals surface area contributed by atoms with Crippen molar-refractivity contribution >= 4 is 35.3 Å². The van der Waals surface area contributed by atoms with E-state index in [2.05, 4.69) is 4.98 Å². The number of benzene rings is 3. The van der Waals surface area contributed by atoms with E-state index in [0.717, 1.165) is 33.2 Å². The number of hydrogen-bond donors (Lipinski definition) is 1. The van der Waals surface area contributed by atoms with Gasteiger partial charge in [0.1, 0.15) is 5.76 Å². The van der Waals surface area contributed by atoms with Crippen LogP contribution in [0.4, 0.5) is 0 Å². The molecule has 4 aromatic rings. The highest BCUT2D eigenvalue weighted by Crippen LogP contribution is 2.58. The number of aromatic nitrogens is 1.